The van der Waals surface area contributed by atoms with E-state index in [-0.39, 0.29) is 17.8 Å². The van der Waals surface area contributed by atoms with Crippen LogP contribution in [-0.4, -0.2) is 46.2 Å². The van der Waals surface area contributed by atoms with Gasteiger partial charge in [-0.1, -0.05) is 18.7 Å². The van der Waals surface area contributed by atoms with Gasteiger partial charge in [0.15, 0.2) is 5.82 Å². The molecule has 1 aliphatic heterocycles. The number of anilines is 1. The number of nitrogens with zero attached hydrogens (tertiary/aromatic N) is 3. The van der Waals surface area contributed by atoms with E-state index in [0.29, 0.717) is 34.1 Å². The molecule has 2 aliphatic rings. The van der Waals surface area contributed by atoms with E-state index < -0.39 is 5.97 Å². The lowest BCUT2D eigenvalue weighted by atomic mass is 9.88. The largest absolute Gasteiger partial charge is 0.465 e. The predicted molar refractivity (Wildman–Crippen MR) is 114 cm³/mol. The summed E-state index contributed by atoms with van der Waals surface area (Å²) in [6.45, 7) is 2.89. The van der Waals surface area contributed by atoms with E-state index >= 15 is 0 Å². The van der Waals surface area contributed by atoms with E-state index in [1.54, 1.807) is 0 Å². The molecule has 1 amide bonds. The van der Waals surface area contributed by atoms with Crippen LogP contribution in [0.2, 0.25) is 0 Å². The van der Waals surface area contributed by atoms with Crippen LogP contribution in [0.4, 0.5) is 5.00 Å². The number of methoxy groups -OCH3 is 1. The molecule has 0 saturated carbocycles. The lowest BCUT2D eigenvalue weighted by Gasteiger charge is -2.18. The lowest BCUT2D eigenvalue weighted by molar-refractivity contribution is -0.113. The van der Waals surface area contributed by atoms with Crippen molar-refractivity contribution in [3.8, 4) is 0 Å². The number of thiophene rings is 1. The zero-order chi connectivity index (χ0) is 21.3. The molecule has 162 valence electrons. The van der Waals surface area contributed by atoms with Crippen molar-refractivity contribution < 1.29 is 19.1 Å². The molecule has 0 bridgehead atoms. The van der Waals surface area contributed by atoms with E-state index in [0.717, 1.165) is 42.5 Å². The molecule has 0 aromatic carbocycles. The van der Waals surface area contributed by atoms with Crippen LogP contribution in [0.5, 0.6) is 0 Å². The normalized spacial score (nSPS) is 20.7. The fourth-order valence-corrected chi connectivity index (χ4v) is 5.92. The molecular formula is C19H25N5O4S2. The number of rotatable bonds is 6. The smallest absolute Gasteiger partial charge is 0.341 e. The number of carbonyl (C=O) groups is 2. The molecule has 1 saturated heterocycles. The number of thioether (sulfide) groups is 1. The van der Waals surface area contributed by atoms with Crippen LogP contribution in [0.25, 0.3) is 0 Å². The highest BCUT2D eigenvalue weighted by molar-refractivity contribution is 7.99. The number of nitrogens with two attached hydrogens (primary N) is 1. The summed E-state index contributed by atoms with van der Waals surface area (Å²) in [5.41, 5.74) is 1.50. The van der Waals surface area contributed by atoms with Gasteiger partial charge in [-0.2, -0.15) is 0 Å². The zero-order valence-corrected chi connectivity index (χ0v) is 18.6. The van der Waals surface area contributed by atoms with Crippen LogP contribution >= 0.6 is 23.1 Å². The second kappa shape index (κ2) is 8.94. The third kappa shape index (κ3) is 4.19. The minimum absolute atomic E-state index is 0.0977. The number of fused-ring (bicyclic) bond motifs is 1. The monoisotopic (exact) mass is 451 g/mol. The quantitative estimate of drug-likeness (QED) is 0.390. The Kier molecular flexibility index (Phi) is 6.30. The molecule has 2 aromatic heterocycles. The van der Waals surface area contributed by atoms with Gasteiger partial charge in [-0.25, -0.2) is 9.47 Å². The number of hydrogen-bond donors (Lipinski definition) is 2. The van der Waals surface area contributed by atoms with Gasteiger partial charge in [0.25, 0.3) is 0 Å². The fraction of sp³-hybridized carbons (Fsp3) is 0.579. The van der Waals surface area contributed by atoms with E-state index in [1.165, 1.54) is 34.9 Å². The third-order valence-corrected chi connectivity index (χ3v) is 7.51. The minimum Gasteiger partial charge on any atom is -0.465 e. The van der Waals surface area contributed by atoms with Crippen molar-refractivity contribution in [1.82, 2.24) is 14.9 Å². The predicted octanol–water partition coefficient (Wildman–Crippen LogP) is 2.55. The Morgan fingerprint density at radius 3 is 2.97 bits per heavy atom. The average molecular weight is 452 g/mol. The number of amides is 1. The van der Waals surface area contributed by atoms with Crippen molar-refractivity contribution in [1.29, 1.82) is 0 Å². The number of esters is 1. The summed E-state index contributed by atoms with van der Waals surface area (Å²) in [6, 6.07) is 0. The third-order valence-electron chi connectivity index (χ3n) is 5.40. The summed E-state index contributed by atoms with van der Waals surface area (Å²) in [6.07, 6.45) is 4.44. The second-order valence-electron chi connectivity index (χ2n) is 7.60. The van der Waals surface area contributed by atoms with Crippen molar-refractivity contribution in [2.45, 2.75) is 50.3 Å². The molecule has 3 N–H and O–H groups in total. The van der Waals surface area contributed by atoms with Crippen molar-refractivity contribution in [3.05, 3.63) is 21.8 Å². The van der Waals surface area contributed by atoms with Crippen molar-refractivity contribution in [2.24, 2.45) is 5.92 Å². The van der Waals surface area contributed by atoms with E-state index in [2.05, 4.69) is 22.4 Å². The van der Waals surface area contributed by atoms with Gasteiger partial charge in [-0.05, 0) is 43.6 Å². The number of nitrogens with one attached hydrogen (secondary N) is 1. The Morgan fingerprint density at radius 1 is 1.40 bits per heavy atom. The summed E-state index contributed by atoms with van der Waals surface area (Å²) >= 11 is 2.66. The Labute approximate surface area is 182 Å². The van der Waals surface area contributed by atoms with Crippen LogP contribution in [-0.2, 0) is 27.1 Å². The van der Waals surface area contributed by atoms with Gasteiger partial charge in [-0.3, -0.25) is 4.79 Å². The molecular weight excluding hydrogens is 426 g/mol. The molecule has 3 heterocycles. The molecule has 0 spiro atoms. The highest BCUT2D eigenvalue weighted by atomic mass is 32.2. The van der Waals surface area contributed by atoms with Crippen LogP contribution < -0.4 is 11.2 Å². The highest BCUT2D eigenvalue weighted by Gasteiger charge is 2.29. The zero-order valence-electron chi connectivity index (χ0n) is 17.0. The van der Waals surface area contributed by atoms with Crippen molar-refractivity contribution in [3.63, 3.8) is 0 Å². The molecule has 30 heavy (non-hydrogen) atoms. The maximum absolute atomic E-state index is 12.6. The lowest BCUT2D eigenvalue weighted by Crippen LogP contribution is -2.19. The molecule has 9 nitrogen and oxygen atoms in total. The van der Waals surface area contributed by atoms with Crippen molar-refractivity contribution in [2.75, 3.05) is 30.6 Å². The summed E-state index contributed by atoms with van der Waals surface area (Å²) < 4.78 is 12.0. The second-order valence-corrected chi connectivity index (χ2v) is 9.64. The first-order valence-corrected chi connectivity index (χ1v) is 11.8. The summed E-state index contributed by atoms with van der Waals surface area (Å²) in [4.78, 5) is 26.1. The molecule has 0 radical (unpaired) electrons. The molecule has 0 unspecified atom stereocenters. The van der Waals surface area contributed by atoms with E-state index in [1.807, 2.05) is 0 Å². The first kappa shape index (κ1) is 21.1. The van der Waals surface area contributed by atoms with Gasteiger partial charge in [0, 0.05) is 11.5 Å². The average Bonchev–Trinajstić information content (AvgIpc) is 3.44. The van der Waals surface area contributed by atoms with Gasteiger partial charge >= 0.3 is 5.97 Å². The fourth-order valence-electron chi connectivity index (χ4n) is 3.84. The molecule has 2 aromatic rings. The molecule has 1 aliphatic carbocycles. The Bertz CT molecular complexity index is 951. The molecule has 1 fully saturated rings. The standard InChI is InChI=1S/C19H25N5O4S2/c1-10-5-6-11-13(8-10)30-17(15(11)18(26)27-2)21-14(25)9-29-19-23-22-16(24(19)20)12-4-3-7-28-12/h10,12H,3-9,20H2,1-2H3,(H,21,25)/t10-,12+/m0/s1. The number of nitrogen functional groups attached to an aromatic ring is 1. The summed E-state index contributed by atoms with van der Waals surface area (Å²) in [5.74, 6) is 6.67. The molecule has 2 atom stereocenters. The van der Waals surface area contributed by atoms with E-state index in [4.69, 9.17) is 15.3 Å². The van der Waals surface area contributed by atoms with E-state index in [9.17, 15) is 9.59 Å². The number of aromatic nitrogens is 3. The van der Waals surface area contributed by atoms with Gasteiger partial charge in [-0.15, -0.1) is 21.5 Å². The Balaban J connectivity index is 1.44. The number of hydrogen-bond acceptors (Lipinski definition) is 9. The van der Waals surface area contributed by atoms with Crippen molar-refractivity contribution >= 4 is 40.0 Å². The number of carbonyl (C=O) groups excluding carboxylic acids is 2. The van der Waals surface area contributed by atoms with Crippen LogP contribution in [0, 0.1) is 5.92 Å². The van der Waals surface area contributed by atoms with Crippen LogP contribution in [0.1, 0.15) is 58.9 Å². The van der Waals surface area contributed by atoms with Gasteiger partial charge in [0.1, 0.15) is 11.1 Å². The maximum atomic E-state index is 12.6. The van der Waals surface area contributed by atoms with Gasteiger partial charge in [0.05, 0.1) is 18.4 Å². The molecule has 4 rings (SSSR count). The van der Waals surface area contributed by atoms with Gasteiger partial charge in [0.2, 0.25) is 11.1 Å². The SMILES string of the molecule is COC(=O)c1c(NC(=O)CSc2nnc([C@H]3CCCO3)n2N)sc2c1CC[C@H](C)C2. The Morgan fingerprint density at radius 2 is 2.23 bits per heavy atom. The number of ether oxygens (including phenoxy) is 2. The first-order valence-electron chi connectivity index (χ1n) is 9.95. The molecule has 11 heteroatoms. The summed E-state index contributed by atoms with van der Waals surface area (Å²) in [7, 11) is 1.36. The van der Waals surface area contributed by atoms with Crippen LogP contribution in [0.15, 0.2) is 5.16 Å². The van der Waals surface area contributed by atoms with Crippen LogP contribution in [0.3, 0.4) is 0 Å². The van der Waals surface area contributed by atoms with Gasteiger partial charge < -0.3 is 20.6 Å². The Hall–Kier alpha value is -2.11. The minimum atomic E-state index is -0.409. The topological polar surface area (TPSA) is 121 Å². The highest BCUT2D eigenvalue weighted by Crippen LogP contribution is 2.40. The first-order chi connectivity index (χ1) is 14.5. The maximum Gasteiger partial charge on any atom is 0.341 e. The summed E-state index contributed by atoms with van der Waals surface area (Å²) in [5, 5.41) is 12.1.